The van der Waals surface area contributed by atoms with Crippen molar-refractivity contribution >= 4 is 22.9 Å². The monoisotopic (exact) mass is 519 g/mol. The summed E-state index contributed by atoms with van der Waals surface area (Å²) in [6, 6.07) is 22.0. The molecule has 0 aliphatic carbocycles. The SMILES string of the molecule is C=CCc1cc(/C=C(/C#N)C(=O)NCCc2c[nH]c3ccccc23)cc(OCC)c1OCc1ccc(C)cc1. The van der Waals surface area contributed by atoms with Crippen LogP contribution in [0.4, 0.5) is 0 Å². The van der Waals surface area contributed by atoms with Gasteiger partial charge in [-0.3, -0.25) is 4.79 Å². The van der Waals surface area contributed by atoms with Gasteiger partial charge in [0.1, 0.15) is 18.2 Å². The van der Waals surface area contributed by atoms with E-state index in [1.165, 1.54) is 5.56 Å². The number of H-pyrrole nitrogens is 1. The fraction of sp³-hybridized carbons (Fsp3) is 0.212. The van der Waals surface area contributed by atoms with Crippen LogP contribution < -0.4 is 14.8 Å². The van der Waals surface area contributed by atoms with Crippen molar-refractivity contribution in [3.8, 4) is 17.6 Å². The molecule has 39 heavy (non-hydrogen) atoms. The molecule has 198 valence electrons. The lowest BCUT2D eigenvalue weighted by atomic mass is 10.0. The first-order chi connectivity index (χ1) is 19.0. The molecule has 6 nitrogen and oxygen atoms in total. The maximum atomic E-state index is 12.9. The summed E-state index contributed by atoms with van der Waals surface area (Å²) in [4.78, 5) is 16.1. The first kappa shape index (κ1) is 27.3. The van der Waals surface area contributed by atoms with Crippen LogP contribution in [-0.4, -0.2) is 24.0 Å². The molecule has 1 amide bonds. The Morgan fingerprint density at radius 3 is 2.64 bits per heavy atom. The molecular weight excluding hydrogens is 486 g/mol. The Bertz CT molecular complexity index is 1520. The van der Waals surface area contributed by atoms with Crippen LogP contribution in [0.3, 0.4) is 0 Å². The number of allylic oxidation sites excluding steroid dienone is 1. The molecule has 0 radical (unpaired) electrons. The van der Waals surface area contributed by atoms with E-state index in [4.69, 9.17) is 9.47 Å². The number of nitrogens with one attached hydrogen (secondary N) is 2. The summed E-state index contributed by atoms with van der Waals surface area (Å²) in [6.07, 6.45) is 6.53. The molecule has 1 heterocycles. The number of carbonyl (C=O) groups excluding carboxylic acids is 1. The van der Waals surface area contributed by atoms with Crippen molar-refractivity contribution in [1.82, 2.24) is 10.3 Å². The Morgan fingerprint density at radius 2 is 1.90 bits per heavy atom. The molecule has 0 aliphatic heterocycles. The zero-order valence-electron chi connectivity index (χ0n) is 22.4. The van der Waals surface area contributed by atoms with E-state index in [0.717, 1.165) is 27.6 Å². The number of fused-ring (bicyclic) bond motifs is 1. The fourth-order valence-corrected chi connectivity index (χ4v) is 4.40. The third kappa shape index (κ3) is 6.97. The number of aromatic nitrogens is 1. The third-order valence-corrected chi connectivity index (χ3v) is 6.35. The molecule has 0 bridgehead atoms. The molecule has 0 aliphatic rings. The van der Waals surface area contributed by atoms with E-state index < -0.39 is 5.91 Å². The van der Waals surface area contributed by atoms with Gasteiger partial charge in [-0.05, 0) is 67.7 Å². The average molecular weight is 520 g/mol. The van der Waals surface area contributed by atoms with E-state index in [1.807, 2.05) is 62.5 Å². The van der Waals surface area contributed by atoms with Crippen LogP contribution in [0.1, 0.15) is 34.7 Å². The number of aromatic amines is 1. The van der Waals surface area contributed by atoms with Gasteiger partial charge in [0.2, 0.25) is 0 Å². The summed E-state index contributed by atoms with van der Waals surface area (Å²) in [6.45, 7) is 9.08. The molecule has 1 aromatic heterocycles. The number of benzene rings is 3. The van der Waals surface area contributed by atoms with Gasteiger partial charge in [0.05, 0.1) is 6.61 Å². The fourth-order valence-electron chi connectivity index (χ4n) is 4.40. The number of para-hydroxylation sites is 1. The van der Waals surface area contributed by atoms with Gasteiger partial charge in [-0.1, -0.05) is 54.1 Å². The quantitative estimate of drug-likeness (QED) is 0.128. The predicted octanol–water partition coefficient (Wildman–Crippen LogP) is 6.45. The van der Waals surface area contributed by atoms with Crippen molar-refractivity contribution in [2.75, 3.05) is 13.2 Å². The molecule has 4 aromatic rings. The van der Waals surface area contributed by atoms with E-state index in [0.29, 0.717) is 49.7 Å². The normalized spacial score (nSPS) is 11.2. The van der Waals surface area contributed by atoms with Crippen molar-refractivity contribution in [2.24, 2.45) is 0 Å². The van der Waals surface area contributed by atoms with Crippen molar-refractivity contribution in [3.05, 3.63) is 113 Å². The second-order valence-corrected chi connectivity index (χ2v) is 9.24. The van der Waals surface area contributed by atoms with Gasteiger partial charge in [0.15, 0.2) is 11.5 Å². The van der Waals surface area contributed by atoms with Crippen molar-refractivity contribution in [1.29, 1.82) is 5.26 Å². The van der Waals surface area contributed by atoms with Crippen molar-refractivity contribution in [3.63, 3.8) is 0 Å². The molecule has 0 saturated heterocycles. The molecule has 6 heteroatoms. The summed E-state index contributed by atoms with van der Waals surface area (Å²) >= 11 is 0. The summed E-state index contributed by atoms with van der Waals surface area (Å²) < 4.78 is 12.1. The van der Waals surface area contributed by atoms with Crippen LogP contribution in [0, 0.1) is 18.3 Å². The molecule has 2 N–H and O–H groups in total. The third-order valence-electron chi connectivity index (χ3n) is 6.35. The molecular formula is C33H33N3O3. The Morgan fingerprint density at radius 1 is 1.10 bits per heavy atom. The standard InChI is InChI=1S/C33H33N3O3/c1-4-8-26-17-25(19-31(38-5-2)32(26)39-22-24-13-11-23(3)12-14-24)18-28(20-34)33(37)35-16-15-27-21-36-30-10-7-6-9-29(27)30/h4,6-7,9-14,17-19,21,36H,1,5,8,15-16,22H2,2-3H3,(H,35,37)/b28-18-. The van der Waals surface area contributed by atoms with E-state index in [9.17, 15) is 10.1 Å². The van der Waals surface area contributed by atoms with Crippen LogP contribution in [0.5, 0.6) is 11.5 Å². The first-order valence-corrected chi connectivity index (χ1v) is 13.1. The molecule has 0 spiro atoms. The van der Waals surface area contributed by atoms with E-state index in [-0.39, 0.29) is 5.57 Å². The first-order valence-electron chi connectivity index (χ1n) is 13.1. The molecule has 0 saturated carbocycles. The largest absolute Gasteiger partial charge is 0.490 e. The lowest BCUT2D eigenvalue weighted by Crippen LogP contribution is -2.26. The number of hydrogen-bond acceptors (Lipinski definition) is 4. The minimum absolute atomic E-state index is 0.0225. The summed E-state index contributed by atoms with van der Waals surface area (Å²) in [5.74, 6) is 0.781. The lowest BCUT2D eigenvalue weighted by Gasteiger charge is -2.17. The summed E-state index contributed by atoms with van der Waals surface area (Å²) in [5.41, 5.74) is 5.98. The van der Waals surface area contributed by atoms with Crippen LogP contribution in [0.15, 0.2) is 85.1 Å². The number of nitrogens with zero attached hydrogens (tertiary/aromatic N) is 1. The van der Waals surface area contributed by atoms with Crippen molar-refractivity contribution in [2.45, 2.75) is 33.3 Å². The molecule has 0 fully saturated rings. The lowest BCUT2D eigenvalue weighted by molar-refractivity contribution is -0.117. The van der Waals surface area contributed by atoms with Crippen LogP contribution in [0.2, 0.25) is 0 Å². The number of ether oxygens (including phenoxy) is 2. The molecule has 3 aromatic carbocycles. The zero-order valence-corrected chi connectivity index (χ0v) is 22.4. The Balaban J connectivity index is 1.51. The number of rotatable bonds is 12. The summed E-state index contributed by atoms with van der Waals surface area (Å²) in [5, 5.41) is 13.8. The van der Waals surface area contributed by atoms with Crippen LogP contribution in [0.25, 0.3) is 17.0 Å². The van der Waals surface area contributed by atoms with E-state index in [2.05, 4.69) is 35.1 Å². The average Bonchev–Trinajstić information content (AvgIpc) is 3.35. The van der Waals surface area contributed by atoms with Crippen molar-refractivity contribution < 1.29 is 14.3 Å². The number of nitriles is 1. The van der Waals surface area contributed by atoms with Gasteiger partial charge < -0.3 is 19.8 Å². The second kappa shape index (κ2) is 13.2. The van der Waals surface area contributed by atoms with Gasteiger partial charge >= 0.3 is 0 Å². The van der Waals surface area contributed by atoms with Gasteiger partial charge in [0, 0.05) is 29.2 Å². The zero-order chi connectivity index (χ0) is 27.6. The molecule has 0 atom stereocenters. The van der Waals surface area contributed by atoms with Crippen LogP contribution >= 0.6 is 0 Å². The highest BCUT2D eigenvalue weighted by atomic mass is 16.5. The van der Waals surface area contributed by atoms with Gasteiger partial charge in [0.25, 0.3) is 5.91 Å². The summed E-state index contributed by atoms with van der Waals surface area (Å²) in [7, 11) is 0. The minimum Gasteiger partial charge on any atom is -0.490 e. The minimum atomic E-state index is -0.416. The van der Waals surface area contributed by atoms with Crippen LogP contribution in [-0.2, 0) is 24.2 Å². The predicted molar refractivity (Wildman–Crippen MR) is 156 cm³/mol. The maximum Gasteiger partial charge on any atom is 0.261 e. The Kier molecular flexibility index (Phi) is 9.20. The highest BCUT2D eigenvalue weighted by molar-refractivity contribution is 6.01. The van der Waals surface area contributed by atoms with E-state index >= 15 is 0 Å². The number of amides is 1. The molecule has 0 unspecified atom stereocenters. The Labute approximate surface area is 229 Å². The highest BCUT2D eigenvalue weighted by Gasteiger charge is 2.15. The number of aryl methyl sites for hydroxylation is 1. The number of carbonyl (C=O) groups is 1. The smallest absolute Gasteiger partial charge is 0.261 e. The second-order valence-electron chi connectivity index (χ2n) is 9.24. The maximum absolute atomic E-state index is 12.9. The van der Waals surface area contributed by atoms with E-state index in [1.54, 1.807) is 18.2 Å². The van der Waals surface area contributed by atoms with Gasteiger partial charge in [-0.2, -0.15) is 5.26 Å². The molecule has 4 rings (SSSR count). The van der Waals surface area contributed by atoms with Gasteiger partial charge in [-0.25, -0.2) is 0 Å². The number of hydrogen-bond donors (Lipinski definition) is 2. The highest BCUT2D eigenvalue weighted by Crippen LogP contribution is 2.35. The topological polar surface area (TPSA) is 87.1 Å². The van der Waals surface area contributed by atoms with Gasteiger partial charge in [-0.15, -0.1) is 6.58 Å². The Hall–Kier alpha value is -4.76.